The Hall–Kier alpha value is -4.68. The summed E-state index contributed by atoms with van der Waals surface area (Å²) >= 11 is 0. The molecule has 0 saturated carbocycles. The maximum atomic E-state index is 13.8. The van der Waals surface area contributed by atoms with Gasteiger partial charge in [-0.1, -0.05) is 91.0 Å². The van der Waals surface area contributed by atoms with Crippen molar-refractivity contribution in [2.75, 3.05) is 18.0 Å². The lowest BCUT2D eigenvalue weighted by atomic mass is 10.0. The first-order valence-corrected chi connectivity index (χ1v) is 12.7. The number of phenols is 1. The Morgan fingerprint density at radius 3 is 2.21 bits per heavy atom. The van der Waals surface area contributed by atoms with E-state index in [0.29, 0.717) is 31.8 Å². The summed E-state index contributed by atoms with van der Waals surface area (Å²) in [6.07, 6.45) is 4.48. The van der Waals surface area contributed by atoms with E-state index in [0.717, 1.165) is 33.5 Å². The molecule has 0 aromatic heterocycles. The topological polar surface area (TPSA) is 82.2 Å². The Morgan fingerprint density at radius 1 is 0.789 bits per heavy atom. The second kappa shape index (κ2) is 11.6. The average Bonchev–Trinajstić information content (AvgIpc) is 3.07. The number of fused-ring (bicyclic) bond motifs is 1. The molecule has 0 atom stereocenters. The zero-order valence-electron chi connectivity index (χ0n) is 21.1. The van der Waals surface area contributed by atoms with Crippen molar-refractivity contribution in [3.05, 3.63) is 126 Å². The molecule has 5 rings (SSSR count). The molecule has 3 N–H and O–H groups in total. The zero-order valence-corrected chi connectivity index (χ0v) is 21.1. The van der Waals surface area contributed by atoms with Crippen molar-refractivity contribution in [1.82, 2.24) is 5.01 Å². The van der Waals surface area contributed by atoms with Gasteiger partial charge in [0, 0.05) is 12.1 Å². The first-order valence-electron chi connectivity index (χ1n) is 12.7. The second-order valence-electron chi connectivity index (χ2n) is 9.12. The third-order valence-corrected chi connectivity index (χ3v) is 6.45. The lowest BCUT2D eigenvalue weighted by molar-refractivity contribution is 0.206. The summed E-state index contributed by atoms with van der Waals surface area (Å²) in [5.41, 5.74) is 12.4. The minimum absolute atomic E-state index is 0.189. The van der Waals surface area contributed by atoms with Crippen LogP contribution in [0.1, 0.15) is 23.1 Å². The van der Waals surface area contributed by atoms with E-state index in [2.05, 4.69) is 36.4 Å². The second-order valence-corrected chi connectivity index (χ2v) is 9.12. The standard InChI is InChI=1S/C32H30N4O2/c33-21-6-22-36-32(38)35(23-25-11-16-27(17-12-25)26-7-2-1-3-8-26)31-10-5-4-9-29(31)30(34-36)20-15-24-13-18-28(37)19-14-24/h1-5,7-20,37H,6,21-23,33H2. The molecule has 4 aromatic rings. The molecule has 0 saturated heterocycles. The van der Waals surface area contributed by atoms with Gasteiger partial charge in [-0.05, 0) is 59.5 Å². The number of urea groups is 1. The molecule has 1 aliphatic heterocycles. The van der Waals surface area contributed by atoms with Crippen LogP contribution in [0, 0.1) is 0 Å². The highest BCUT2D eigenvalue weighted by Gasteiger charge is 2.29. The Kier molecular flexibility index (Phi) is 7.62. The van der Waals surface area contributed by atoms with Crippen molar-refractivity contribution in [3.63, 3.8) is 0 Å². The summed E-state index contributed by atoms with van der Waals surface area (Å²) in [4.78, 5) is 15.6. The van der Waals surface area contributed by atoms with Gasteiger partial charge in [0.05, 0.1) is 17.9 Å². The van der Waals surface area contributed by atoms with Crippen LogP contribution in [-0.4, -0.2) is 34.9 Å². The molecule has 38 heavy (non-hydrogen) atoms. The number of hydrogen-bond donors (Lipinski definition) is 2. The number of nitrogens with zero attached hydrogens (tertiary/aromatic N) is 3. The Bertz CT molecular complexity index is 1450. The molecular weight excluding hydrogens is 472 g/mol. The number of rotatable bonds is 8. The van der Waals surface area contributed by atoms with E-state index in [1.807, 2.05) is 66.7 Å². The molecule has 2 amide bonds. The molecule has 6 nitrogen and oxygen atoms in total. The Labute approximate surface area is 223 Å². The summed E-state index contributed by atoms with van der Waals surface area (Å²) in [5.74, 6) is 0.213. The minimum Gasteiger partial charge on any atom is -0.508 e. The van der Waals surface area contributed by atoms with Crippen molar-refractivity contribution in [2.24, 2.45) is 10.8 Å². The predicted octanol–water partition coefficient (Wildman–Crippen LogP) is 6.27. The third-order valence-electron chi connectivity index (χ3n) is 6.45. The highest BCUT2D eigenvalue weighted by molar-refractivity contribution is 6.17. The molecule has 190 valence electrons. The maximum Gasteiger partial charge on any atom is 0.345 e. The summed E-state index contributed by atoms with van der Waals surface area (Å²) in [7, 11) is 0. The van der Waals surface area contributed by atoms with E-state index >= 15 is 0 Å². The lowest BCUT2D eigenvalue weighted by Gasteiger charge is -2.26. The summed E-state index contributed by atoms with van der Waals surface area (Å²) in [6.45, 7) is 1.30. The highest BCUT2D eigenvalue weighted by atomic mass is 16.3. The van der Waals surface area contributed by atoms with Gasteiger partial charge in [0.2, 0.25) is 0 Å². The molecule has 0 unspecified atom stereocenters. The molecule has 1 heterocycles. The molecule has 0 fully saturated rings. The van der Waals surface area contributed by atoms with Crippen molar-refractivity contribution in [1.29, 1.82) is 0 Å². The van der Waals surface area contributed by atoms with Crippen LogP contribution in [0.3, 0.4) is 0 Å². The van der Waals surface area contributed by atoms with Gasteiger partial charge in [-0.2, -0.15) is 5.10 Å². The van der Waals surface area contributed by atoms with Crippen molar-refractivity contribution in [3.8, 4) is 16.9 Å². The largest absolute Gasteiger partial charge is 0.508 e. The third kappa shape index (κ3) is 5.66. The van der Waals surface area contributed by atoms with Crippen LogP contribution in [0.4, 0.5) is 10.5 Å². The van der Waals surface area contributed by atoms with Crippen molar-refractivity contribution in [2.45, 2.75) is 13.0 Å². The number of amides is 2. The van der Waals surface area contributed by atoms with Crippen molar-refractivity contribution < 1.29 is 9.90 Å². The number of aromatic hydroxyl groups is 1. The number of benzene rings is 4. The smallest absolute Gasteiger partial charge is 0.345 e. The molecule has 0 bridgehead atoms. The van der Waals surface area contributed by atoms with Crippen LogP contribution in [-0.2, 0) is 6.54 Å². The fourth-order valence-electron chi connectivity index (χ4n) is 4.43. The van der Waals surface area contributed by atoms with Crippen molar-refractivity contribution >= 4 is 23.5 Å². The van der Waals surface area contributed by atoms with Crippen LogP contribution in [0.5, 0.6) is 5.75 Å². The van der Waals surface area contributed by atoms with Crippen LogP contribution in [0.15, 0.2) is 114 Å². The normalized spacial score (nSPS) is 13.4. The van der Waals surface area contributed by atoms with Gasteiger partial charge in [-0.25, -0.2) is 9.80 Å². The number of hydrogen-bond acceptors (Lipinski definition) is 4. The van der Waals surface area contributed by atoms with Gasteiger partial charge < -0.3 is 10.8 Å². The number of para-hydroxylation sites is 1. The fourth-order valence-corrected chi connectivity index (χ4v) is 4.43. The summed E-state index contributed by atoms with van der Waals surface area (Å²) in [6, 6.07) is 33.2. The van der Waals surface area contributed by atoms with Gasteiger partial charge in [-0.3, -0.25) is 4.90 Å². The van der Waals surface area contributed by atoms with Gasteiger partial charge in [0.15, 0.2) is 0 Å². The quantitative estimate of drug-likeness (QED) is 0.298. The number of hydrazone groups is 1. The summed E-state index contributed by atoms with van der Waals surface area (Å²) in [5, 5.41) is 15.9. The fraction of sp³-hybridized carbons (Fsp3) is 0.125. The molecule has 0 radical (unpaired) electrons. The molecule has 1 aliphatic rings. The SMILES string of the molecule is NCCCN1N=C(C=Cc2ccc(O)cc2)c2ccccc2N(Cc2ccc(-c3ccccc3)cc2)C1=O. The van der Waals surface area contributed by atoms with Crippen LogP contribution < -0.4 is 10.6 Å². The van der Waals surface area contributed by atoms with Crippen LogP contribution >= 0.6 is 0 Å². The van der Waals surface area contributed by atoms with Gasteiger partial charge >= 0.3 is 6.03 Å². The monoisotopic (exact) mass is 502 g/mol. The van der Waals surface area contributed by atoms with Crippen LogP contribution in [0.25, 0.3) is 17.2 Å². The molecule has 0 aliphatic carbocycles. The molecule has 4 aromatic carbocycles. The number of anilines is 1. The van der Waals surface area contributed by atoms with E-state index in [4.69, 9.17) is 10.8 Å². The van der Waals surface area contributed by atoms with E-state index in [1.54, 1.807) is 17.0 Å². The average molecular weight is 503 g/mol. The van der Waals surface area contributed by atoms with Gasteiger partial charge in [-0.15, -0.1) is 0 Å². The first kappa shape index (κ1) is 25.0. The number of carbonyl (C=O) groups excluding carboxylic acids is 1. The van der Waals surface area contributed by atoms with E-state index in [9.17, 15) is 9.90 Å². The predicted molar refractivity (Wildman–Crippen MR) is 154 cm³/mol. The first-order chi connectivity index (χ1) is 18.6. The molecule has 6 heteroatoms. The number of allylic oxidation sites excluding steroid dienone is 1. The molecular formula is C32H30N4O2. The van der Waals surface area contributed by atoms with Crippen LogP contribution in [0.2, 0.25) is 0 Å². The van der Waals surface area contributed by atoms with Gasteiger partial charge in [0.1, 0.15) is 5.75 Å². The van der Waals surface area contributed by atoms with E-state index in [1.165, 1.54) is 5.01 Å². The Morgan fingerprint density at radius 2 is 1.47 bits per heavy atom. The van der Waals surface area contributed by atoms with E-state index in [-0.39, 0.29) is 11.8 Å². The number of carbonyl (C=O) groups is 1. The number of nitrogens with two attached hydrogens (primary N) is 1. The summed E-state index contributed by atoms with van der Waals surface area (Å²) < 4.78 is 0. The van der Waals surface area contributed by atoms with Gasteiger partial charge in [0.25, 0.3) is 0 Å². The lowest BCUT2D eigenvalue weighted by Crippen LogP contribution is -2.40. The Balaban J connectivity index is 1.49. The zero-order chi connectivity index (χ0) is 26.3. The maximum absolute atomic E-state index is 13.8. The minimum atomic E-state index is -0.189. The number of phenolic OH excluding ortho intramolecular Hbond substituents is 1. The highest BCUT2D eigenvalue weighted by Crippen LogP contribution is 2.29. The molecule has 0 spiro atoms. The van der Waals surface area contributed by atoms with E-state index < -0.39 is 0 Å².